The molecule has 2 rings (SSSR count). The van der Waals surface area contributed by atoms with Crippen molar-refractivity contribution in [3.63, 3.8) is 0 Å². The zero-order chi connectivity index (χ0) is 12.1. The first kappa shape index (κ1) is 11.3. The van der Waals surface area contributed by atoms with Crippen molar-refractivity contribution >= 4 is 5.78 Å². The van der Waals surface area contributed by atoms with Crippen LogP contribution in [0.4, 0.5) is 0 Å². The normalized spacial score (nSPS) is 9.88. The lowest BCUT2D eigenvalue weighted by molar-refractivity contribution is 0.103. The van der Waals surface area contributed by atoms with Crippen LogP contribution in [-0.4, -0.2) is 10.8 Å². The van der Waals surface area contributed by atoms with Gasteiger partial charge in [-0.15, -0.1) is 6.58 Å². The van der Waals surface area contributed by atoms with E-state index in [4.69, 9.17) is 0 Å². The first-order chi connectivity index (χ1) is 8.31. The van der Waals surface area contributed by atoms with E-state index in [-0.39, 0.29) is 5.78 Å². The highest BCUT2D eigenvalue weighted by Gasteiger charge is 2.08. The van der Waals surface area contributed by atoms with Crippen molar-refractivity contribution in [1.82, 2.24) is 4.98 Å². The van der Waals surface area contributed by atoms with Crippen LogP contribution in [0.15, 0.2) is 61.4 Å². The van der Waals surface area contributed by atoms with Crippen LogP contribution < -0.4 is 0 Å². The Morgan fingerprint density at radius 1 is 1.18 bits per heavy atom. The third-order valence-electron chi connectivity index (χ3n) is 2.47. The van der Waals surface area contributed by atoms with Gasteiger partial charge in [0.25, 0.3) is 0 Å². The molecule has 1 aromatic carbocycles. The number of hydrogen-bond donors (Lipinski definition) is 0. The van der Waals surface area contributed by atoms with Gasteiger partial charge in [0, 0.05) is 23.5 Å². The first-order valence-electron chi connectivity index (χ1n) is 5.46. The summed E-state index contributed by atoms with van der Waals surface area (Å²) in [4.78, 5) is 16.2. The Balaban J connectivity index is 2.31. The highest BCUT2D eigenvalue weighted by atomic mass is 16.1. The van der Waals surface area contributed by atoms with Gasteiger partial charge >= 0.3 is 0 Å². The number of benzene rings is 1. The van der Waals surface area contributed by atoms with Gasteiger partial charge in [0.05, 0.1) is 0 Å². The number of ketones is 1. The minimum Gasteiger partial charge on any atom is -0.289 e. The molecule has 0 fully saturated rings. The largest absolute Gasteiger partial charge is 0.289 e. The molecule has 2 nitrogen and oxygen atoms in total. The Bertz CT molecular complexity index is 532. The van der Waals surface area contributed by atoms with E-state index in [1.807, 2.05) is 36.4 Å². The van der Waals surface area contributed by atoms with E-state index in [0.29, 0.717) is 11.1 Å². The third-order valence-corrected chi connectivity index (χ3v) is 2.47. The summed E-state index contributed by atoms with van der Waals surface area (Å²) in [5.74, 6) is 0.00372. The molecule has 84 valence electrons. The highest BCUT2D eigenvalue weighted by molar-refractivity contribution is 6.08. The summed E-state index contributed by atoms with van der Waals surface area (Å²) in [7, 11) is 0. The monoisotopic (exact) mass is 223 g/mol. The molecule has 2 aromatic rings. The van der Waals surface area contributed by atoms with Gasteiger partial charge in [-0.2, -0.15) is 0 Å². The van der Waals surface area contributed by atoms with Gasteiger partial charge < -0.3 is 0 Å². The lowest BCUT2D eigenvalue weighted by Crippen LogP contribution is -2.02. The summed E-state index contributed by atoms with van der Waals surface area (Å²) in [5, 5.41) is 0. The maximum atomic E-state index is 12.1. The van der Waals surface area contributed by atoms with Crippen LogP contribution in [0.3, 0.4) is 0 Å². The van der Waals surface area contributed by atoms with Crippen molar-refractivity contribution < 1.29 is 4.79 Å². The molecule has 17 heavy (non-hydrogen) atoms. The fourth-order valence-electron chi connectivity index (χ4n) is 1.65. The lowest BCUT2D eigenvalue weighted by Gasteiger charge is -2.02. The summed E-state index contributed by atoms with van der Waals surface area (Å²) < 4.78 is 0. The van der Waals surface area contributed by atoms with Crippen LogP contribution in [-0.2, 0) is 6.42 Å². The van der Waals surface area contributed by atoms with Crippen LogP contribution in [0.5, 0.6) is 0 Å². The van der Waals surface area contributed by atoms with Gasteiger partial charge in [-0.25, -0.2) is 0 Å². The first-order valence-corrected chi connectivity index (χ1v) is 5.46. The number of nitrogens with zero attached hydrogens (tertiary/aromatic N) is 1. The Hall–Kier alpha value is -2.22. The van der Waals surface area contributed by atoms with E-state index < -0.39 is 0 Å². The number of allylic oxidation sites excluding steroid dienone is 1. The van der Waals surface area contributed by atoms with E-state index in [1.165, 1.54) is 0 Å². The fraction of sp³-hybridized carbons (Fsp3) is 0.0667. The molecule has 0 unspecified atom stereocenters. The zero-order valence-electron chi connectivity index (χ0n) is 9.47. The Kier molecular flexibility index (Phi) is 3.46. The van der Waals surface area contributed by atoms with E-state index in [9.17, 15) is 4.79 Å². The molecule has 0 saturated carbocycles. The molecule has 0 atom stereocenters. The summed E-state index contributed by atoms with van der Waals surface area (Å²) in [5.41, 5.74) is 2.31. The summed E-state index contributed by atoms with van der Waals surface area (Å²) in [6, 6.07) is 11.1. The molecular weight excluding hydrogens is 210 g/mol. The smallest absolute Gasteiger partial charge is 0.194 e. The molecule has 0 radical (unpaired) electrons. The average molecular weight is 223 g/mol. The van der Waals surface area contributed by atoms with Crippen LogP contribution in [0, 0.1) is 0 Å². The van der Waals surface area contributed by atoms with Gasteiger partial charge in [-0.3, -0.25) is 9.78 Å². The quantitative estimate of drug-likeness (QED) is 0.589. The number of carbonyl (C=O) groups excluding carboxylic acids is 1. The van der Waals surface area contributed by atoms with Gasteiger partial charge in [-0.1, -0.05) is 36.4 Å². The molecular formula is C15H13NO. The standard InChI is InChI=1S/C15H13NO/c1-2-6-12-9-14(11-16-10-12)15(17)13-7-4-3-5-8-13/h2-5,7-11H,1,6H2. The third kappa shape index (κ3) is 2.67. The minimum absolute atomic E-state index is 0.00372. The summed E-state index contributed by atoms with van der Waals surface area (Å²) in [6.45, 7) is 3.68. The summed E-state index contributed by atoms with van der Waals surface area (Å²) >= 11 is 0. The molecule has 1 heterocycles. The predicted molar refractivity (Wildman–Crippen MR) is 68.0 cm³/mol. The average Bonchev–Trinajstić information content (AvgIpc) is 2.40. The number of carbonyl (C=O) groups is 1. The predicted octanol–water partition coefficient (Wildman–Crippen LogP) is 3.04. The number of aromatic nitrogens is 1. The minimum atomic E-state index is 0.00372. The lowest BCUT2D eigenvalue weighted by atomic mass is 10.0. The molecule has 0 spiro atoms. The van der Waals surface area contributed by atoms with E-state index >= 15 is 0 Å². The van der Waals surface area contributed by atoms with Crippen LogP contribution in [0.25, 0.3) is 0 Å². The topological polar surface area (TPSA) is 30.0 Å². The van der Waals surface area contributed by atoms with E-state index in [1.54, 1.807) is 18.5 Å². The second-order valence-corrected chi connectivity index (χ2v) is 3.77. The van der Waals surface area contributed by atoms with Crippen molar-refractivity contribution in [2.24, 2.45) is 0 Å². The highest BCUT2D eigenvalue weighted by Crippen LogP contribution is 2.10. The molecule has 0 N–H and O–H groups in total. The molecule has 0 bridgehead atoms. The maximum Gasteiger partial charge on any atom is 0.194 e. The van der Waals surface area contributed by atoms with Crippen molar-refractivity contribution in [2.45, 2.75) is 6.42 Å². The van der Waals surface area contributed by atoms with Gasteiger partial charge in [0.15, 0.2) is 5.78 Å². The molecule has 1 aromatic heterocycles. The molecule has 0 saturated heterocycles. The molecule has 2 heteroatoms. The van der Waals surface area contributed by atoms with E-state index in [0.717, 1.165) is 12.0 Å². The van der Waals surface area contributed by atoms with E-state index in [2.05, 4.69) is 11.6 Å². The van der Waals surface area contributed by atoms with Crippen LogP contribution >= 0.6 is 0 Å². The second-order valence-electron chi connectivity index (χ2n) is 3.77. The van der Waals surface area contributed by atoms with Gasteiger partial charge in [0.2, 0.25) is 0 Å². The van der Waals surface area contributed by atoms with Crippen molar-refractivity contribution in [1.29, 1.82) is 0 Å². The van der Waals surface area contributed by atoms with Crippen molar-refractivity contribution in [2.75, 3.05) is 0 Å². The second kappa shape index (κ2) is 5.21. The van der Waals surface area contributed by atoms with Crippen LogP contribution in [0.1, 0.15) is 21.5 Å². The van der Waals surface area contributed by atoms with Crippen LogP contribution in [0.2, 0.25) is 0 Å². The van der Waals surface area contributed by atoms with Crippen molar-refractivity contribution in [3.05, 3.63) is 78.1 Å². The van der Waals surface area contributed by atoms with Gasteiger partial charge in [-0.05, 0) is 18.1 Å². The summed E-state index contributed by atoms with van der Waals surface area (Å²) in [6.07, 6.45) is 5.88. The number of pyridine rings is 1. The molecule has 0 amide bonds. The van der Waals surface area contributed by atoms with Gasteiger partial charge in [0.1, 0.15) is 0 Å². The number of rotatable bonds is 4. The molecule has 0 aliphatic rings. The number of hydrogen-bond acceptors (Lipinski definition) is 2. The molecule has 0 aliphatic carbocycles. The fourth-order valence-corrected chi connectivity index (χ4v) is 1.65. The molecule has 0 aliphatic heterocycles. The zero-order valence-corrected chi connectivity index (χ0v) is 9.47. The maximum absolute atomic E-state index is 12.1. The Morgan fingerprint density at radius 3 is 2.65 bits per heavy atom. The Labute approximate surface area is 101 Å². The SMILES string of the molecule is C=CCc1cncc(C(=O)c2ccccc2)c1. The van der Waals surface area contributed by atoms with Crippen molar-refractivity contribution in [3.8, 4) is 0 Å². The Morgan fingerprint density at radius 2 is 1.94 bits per heavy atom.